The van der Waals surface area contributed by atoms with Crippen molar-refractivity contribution in [1.82, 2.24) is 15.5 Å². The van der Waals surface area contributed by atoms with E-state index < -0.39 is 0 Å². The zero-order chi connectivity index (χ0) is 21.2. The number of ether oxygens (including phenoxy) is 2. The van der Waals surface area contributed by atoms with Gasteiger partial charge in [-0.25, -0.2) is 0 Å². The molecule has 0 saturated carbocycles. The number of hydrogen-bond acceptors (Lipinski definition) is 4. The molecular weight excluding hydrogens is 503 g/mol. The quantitative estimate of drug-likeness (QED) is 0.302. The monoisotopic (exact) mass is 538 g/mol. The number of hydrogen-bond donors (Lipinski definition) is 2. The van der Waals surface area contributed by atoms with Gasteiger partial charge in [0.1, 0.15) is 0 Å². The number of guanidine groups is 1. The molecular formula is C24H35IN4O2. The summed E-state index contributed by atoms with van der Waals surface area (Å²) in [4.78, 5) is 6.92. The van der Waals surface area contributed by atoms with Crippen LogP contribution in [0.15, 0.2) is 53.5 Å². The van der Waals surface area contributed by atoms with Crippen LogP contribution in [0.25, 0.3) is 0 Å². The molecule has 0 unspecified atom stereocenters. The molecule has 6 nitrogen and oxygen atoms in total. The van der Waals surface area contributed by atoms with Gasteiger partial charge in [0.2, 0.25) is 0 Å². The largest absolute Gasteiger partial charge is 0.493 e. The summed E-state index contributed by atoms with van der Waals surface area (Å²) in [6.07, 6.45) is 2.23. The number of aliphatic imine (C=N–C) groups is 1. The van der Waals surface area contributed by atoms with Crippen LogP contribution in [0.1, 0.15) is 30.9 Å². The van der Waals surface area contributed by atoms with Gasteiger partial charge in [-0.2, -0.15) is 0 Å². The van der Waals surface area contributed by atoms with E-state index in [1.807, 2.05) is 26.1 Å². The zero-order valence-corrected chi connectivity index (χ0v) is 21.1. The number of nitrogens with zero attached hydrogens (tertiary/aromatic N) is 2. The highest BCUT2D eigenvalue weighted by molar-refractivity contribution is 14.0. The molecule has 0 radical (unpaired) electrons. The summed E-state index contributed by atoms with van der Waals surface area (Å²) in [5.41, 5.74) is 2.50. The van der Waals surface area contributed by atoms with Crippen molar-refractivity contribution in [3.8, 4) is 11.5 Å². The van der Waals surface area contributed by atoms with Gasteiger partial charge in [0.15, 0.2) is 17.5 Å². The average Bonchev–Trinajstić information content (AvgIpc) is 2.79. The van der Waals surface area contributed by atoms with E-state index in [0.29, 0.717) is 19.2 Å². The topological polar surface area (TPSA) is 58.1 Å². The van der Waals surface area contributed by atoms with Crippen LogP contribution in [0.2, 0.25) is 0 Å². The molecule has 0 amide bonds. The van der Waals surface area contributed by atoms with Crippen molar-refractivity contribution in [2.24, 2.45) is 4.99 Å². The molecule has 1 heterocycles. The van der Waals surface area contributed by atoms with Gasteiger partial charge in [0.05, 0.1) is 13.7 Å². The number of likely N-dealkylation sites (tertiary alicyclic amines) is 1. The predicted octanol–water partition coefficient (Wildman–Crippen LogP) is 4.04. The zero-order valence-electron chi connectivity index (χ0n) is 18.8. The minimum Gasteiger partial charge on any atom is -0.493 e. The Labute approximate surface area is 203 Å². The highest BCUT2D eigenvalue weighted by atomic mass is 127. The van der Waals surface area contributed by atoms with Gasteiger partial charge in [-0.1, -0.05) is 36.4 Å². The number of rotatable bonds is 8. The van der Waals surface area contributed by atoms with Crippen LogP contribution in [-0.4, -0.2) is 50.8 Å². The lowest BCUT2D eigenvalue weighted by atomic mass is 10.0. The fourth-order valence-corrected chi connectivity index (χ4v) is 3.75. The first-order valence-corrected chi connectivity index (χ1v) is 10.7. The summed E-state index contributed by atoms with van der Waals surface area (Å²) in [5.74, 6) is 2.36. The SMILES string of the molecule is CCOc1ccc(CNC(=NC)NC2CCN(Cc3ccccc3)CC2)cc1OC.I. The van der Waals surface area contributed by atoms with E-state index in [2.05, 4.69) is 56.9 Å². The van der Waals surface area contributed by atoms with Gasteiger partial charge in [0, 0.05) is 39.3 Å². The third-order valence-corrected chi connectivity index (χ3v) is 5.39. The number of nitrogens with one attached hydrogen (secondary N) is 2. The molecule has 2 aromatic carbocycles. The molecule has 170 valence electrons. The van der Waals surface area contributed by atoms with Crippen molar-refractivity contribution in [2.75, 3.05) is 33.9 Å². The Morgan fingerprint density at radius 2 is 1.81 bits per heavy atom. The molecule has 2 aromatic rings. The summed E-state index contributed by atoms with van der Waals surface area (Å²) in [6, 6.07) is 17.2. The van der Waals surface area contributed by atoms with Gasteiger partial charge in [-0.3, -0.25) is 9.89 Å². The first-order chi connectivity index (χ1) is 14.7. The van der Waals surface area contributed by atoms with Crippen LogP contribution in [-0.2, 0) is 13.1 Å². The molecule has 0 aliphatic carbocycles. The normalized spacial score (nSPS) is 15.1. The van der Waals surface area contributed by atoms with Crippen LogP contribution in [0.4, 0.5) is 0 Å². The summed E-state index contributed by atoms with van der Waals surface area (Å²) in [5, 5.41) is 6.99. The fraction of sp³-hybridized carbons (Fsp3) is 0.458. The second-order valence-electron chi connectivity index (χ2n) is 7.52. The molecule has 0 spiro atoms. The number of methoxy groups -OCH3 is 1. The third kappa shape index (κ3) is 7.88. The minimum absolute atomic E-state index is 0. The Hall–Kier alpha value is -2.00. The Morgan fingerprint density at radius 3 is 2.45 bits per heavy atom. The van der Waals surface area contributed by atoms with Gasteiger partial charge in [-0.15, -0.1) is 24.0 Å². The second-order valence-corrected chi connectivity index (χ2v) is 7.52. The molecule has 3 rings (SSSR count). The highest BCUT2D eigenvalue weighted by Gasteiger charge is 2.20. The molecule has 1 fully saturated rings. The highest BCUT2D eigenvalue weighted by Crippen LogP contribution is 2.28. The fourth-order valence-electron chi connectivity index (χ4n) is 3.75. The molecule has 0 bridgehead atoms. The van der Waals surface area contributed by atoms with E-state index in [-0.39, 0.29) is 24.0 Å². The maximum absolute atomic E-state index is 5.59. The number of halogens is 1. The van der Waals surface area contributed by atoms with E-state index in [1.165, 1.54) is 5.56 Å². The summed E-state index contributed by atoms with van der Waals surface area (Å²) in [6.45, 7) is 6.49. The predicted molar refractivity (Wildman–Crippen MR) is 138 cm³/mol. The lowest BCUT2D eigenvalue weighted by Gasteiger charge is -2.33. The van der Waals surface area contributed by atoms with Gasteiger partial charge in [0.25, 0.3) is 0 Å². The van der Waals surface area contributed by atoms with Gasteiger partial charge >= 0.3 is 0 Å². The molecule has 0 aromatic heterocycles. The summed E-state index contributed by atoms with van der Waals surface area (Å²) >= 11 is 0. The second kappa shape index (κ2) is 13.4. The van der Waals surface area contributed by atoms with Crippen molar-refractivity contribution in [3.63, 3.8) is 0 Å². The van der Waals surface area contributed by atoms with E-state index in [4.69, 9.17) is 9.47 Å². The summed E-state index contributed by atoms with van der Waals surface area (Å²) in [7, 11) is 3.48. The molecule has 1 saturated heterocycles. The lowest BCUT2D eigenvalue weighted by molar-refractivity contribution is 0.198. The third-order valence-electron chi connectivity index (χ3n) is 5.39. The van der Waals surface area contributed by atoms with E-state index in [9.17, 15) is 0 Å². The Bertz CT molecular complexity index is 808. The van der Waals surface area contributed by atoms with E-state index in [0.717, 1.165) is 55.5 Å². The number of piperidine rings is 1. The Balaban J connectivity index is 0.00000341. The van der Waals surface area contributed by atoms with E-state index >= 15 is 0 Å². The Kier molecular flexibility index (Phi) is 10.9. The first-order valence-electron chi connectivity index (χ1n) is 10.7. The van der Waals surface area contributed by atoms with Crippen molar-refractivity contribution in [1.29, 1.82) is 0 Å². The van der Waals surface area contributed by atoms with Crippen LogP contribution in [0.3, 0.4) is 0 Å². The van der Waals surface area contributed by atoms with Crippen LogP contribution >= 0.6 is 24.0 Å². The van der Waals surface area contributed by atoms with Crippen molar-refractivity contribution < 1.29 is 9.47 Å². The molecule has 2 N–H and O–H groups in total. The first kappa shape index (κ1) is 25.3. The molecule has 1 aliphatic heterocycles. The number of benzene rings is 2. The lowest BCUT2D eigenvalue weighted by Crippen LogP contribution is -2.48. The van der Waals surface area contributed by atoms with Gasteiger partial charge < -0.3 is 20.1 Å². The standard InChI is InChI=1S/C24H34N4O2.HI/c1-4-30-22-11-10-20(16-23(22)29-3)17-26-24(25-2)27-21-12-14-28(15-13-21)18-19-8-6-5-7-9-19;/h5-11,16,21H,4,12-15,17-18H2,1-3H3,(H2,25,26,27);1H. The van der Waals surface area contributed by atoms with E-state index in [1.54, 1.807) is 7.11 Å². The maximum atomic E-state index is 5.59. The van der Waals surface area contributed by atoms with Crippen molar-refractivity contribution >= 4 is 29.9 Å². The van der Waals surface area contributed by atoms with Crippen LogP contribution in [0.5, 0.6) is 11.5 Å². The molecule has 1 aliphatic rings. The summed E-state index contributed by atoms with van der Waals surface area (Å²) < 4.78 is 11.0. The molecule has 0 atom stereocenters. The minimum atomic E-state index is 0. The van der Waals surface area contributed by atoms with Crippen molar-refractivity contribution in [3.05, 3.63) is 59.7 Å². The van der Waals surface area contributed by atoms with Crippen LogP contribution in [0, 0.1) is 0 Å². The average molecular weight is 538 g/mol. The smallest absolute Gasteiger partial charge is 0.191 e. The Morgan fingerprint density at radius 1 is 1.06 bits per heavy atom. The van der Waals surface area contributed by atoms with Gasteiger partial charge in [-0.05, 0) is 43.0 Å². The molecule has 7 heteroatoms. The van der Waals surface area contributed by atoms with Crippen LogP contribution < -0.4 is 20.1 Å². The molecule has 31 heavy (non-hydrogen) atoms. The van der Waals surface area contributed by atoms with Crippen molar-refractivity contribution in [2.45, 2.75) is 38.9 Å². The maximum Gasteiger partial charge on any atom is 0.191 e.